The Morgan fingerprint density at radius 2 is 1.96 bits per heavy atom. The average Bonchev–Trinajstić information content (AvgIpc) is 3.10. The molecule has 0 saturated carbocycles. The first-order valence-corrected chi connectivity index (χ1v) is 9.63. The minimum Gasteiger partial charge on any atom is -0.292 e. The molecule has 0 atom stereocenters. The van der Waals surface area contributed by atoms with Crippen molar-refractivity contribution in [3.8, 4) is 11.5 Å². The summed E-state index contributed by atoms with van der Waals surface area (Å²) in [6.07, 6.45) is 4.76. The van der Waals surface area contributed by atoms with E-state index in [2.05, 4.69) is 45.2 Å². The third kappa shape index (κ3) is 3.00. The molecule has 4 nitrogen and oxygen atoms in total. The summed E-state index contributed by atoms with van der Waals surface area (Å²) in [6.45, 7) is 2.89. The predicted molar refractivity (Wildman–Crippen MR) is 105 cm³/mol. The van der Waals surface area contributed by atoms with Gasteiger partial charge in [-0.3, -0.25) is 9.88 Å². The quantitative estimate of drug-likeness (QED) is 0.547. The van der Waals surface area contributed by atoms with E-state index in [1.807, 2.05) is 35.7 Å². The van der Waals surface area contributed by atoms with Gasteiger partial charge in [-0.2, -0.15) is 0 Å². The highest BCUT2D eigenvalue weighted by molar-refractivity contribution is 7.19. The molecule has 26 heavy (non-hydrogen) atoms. The zero-order valence-corrected chi connectivity index (χ0v) is 15.1. The van der Waals surface area contributed by atoms with Gasteiger partial charge < -0.3 is 0 Å². The Hall–Kier alpha value is -2.63. The molecule has 0 saturated heterocycles. The number of pyridine rings is 1. The second-order valence-electron chi connectivity index (χ2n) is 6.59. The van der Waals surface area contributed by atoms with Crippen molar-refractivity contribution in [3.63, 3.8) is 0 Å². The van der Waals surface area contributed by atoms with Crippen LogP contribution in [-0.4, -0.2) is 26.4 Å². The molecule has 0 spiro atoms. The fourth-order valence-electron chi connectivity index (χ4n) is 3.45. The van der Waals surface area contributed by atoms with Crippen LogP contribution in [0, 0.1) is 0 Å². The second-order valence-corrected chi connectivity index (χ2v) is 7.76. The number of thiophene rings is 1. The van der Waals surface area contributed by atoms with Gasteiger partial charge in [0.2, 0.25) is 0 Å². The average molecular weight is 358 g/mol. The van der Waals surface area contributed by atoms with Crippen LogP contribution in [0.5, 0.6) is 0 Å². The zero-order chi connectivity index (χ0) is 17.3. The molecule has 0 fully saturated rings. The molecule has 128 valence electrons. The van der Waals surface area contributed by atoms with Crippen LogP contribution >= 0.6 is 11.3 Å². The minimum atomic E-state index is 0.716. The van der Waals surface area contributed by atoms with E-state index in [-0.39, 0.29) is 0 Å². The maximum absolute atomic E-state index is 4.81. The maximum Gasteiger partial charge on any atom is 0.178 e. The van der Waals surface area contributed by atoms with Gasteiger partial charge in [-0.1, -0.05) is 24.3 Å². The van der Waals surface area contributed by atoms with E-state index in [4.69, 9.17) is 4.98 Å². The van der Waals surface area contributed by atoms with E-state index in [1.165, 1.54) is 20.5 Å². The van der Waals surface area contributed by atoms with Gasteiger partial charge in [0.25, 0.3) is 0 Å². The molecular formula is C21H18N4S. The summed E-state index contributed by atoms with van der Waals surface area (Å²) < 4.78 is 1.36. The number of hydrogen-bond donors (Lipinski definition) is 0. The van der Waals surface area contributed by atoms with Crippen molar-refractivity contribution in [3.05, 3.63) is 77.1 Å². The first-order valence-electron chi connectivity index (χ1n) is 8.81. The minimum absolute atomic E-state index is 0.716. The Bertz CT molecular complexity index is 1030. The van der Waals surface area contributed by atoms with Crippen LogP contribution in [0.2, 0.25) is 0 Å². The molecule has 5 heteroatoms. The lowest BCUT2D eigenvalue weighted by Crippen LogP contribution is -2.30. The number of rotatable bonds is 3. The topological polar surface area (TPSA) is 41.9 Å². The normalized spacial score (nSPS) is 14.5. The smallest absolute Gasteiger partial charge is 0.178 e. The fourth-order valence-corrected chi connectivity index (χ4v) is 4.55. The standard InChI is InChI=1S/C21H18N4S/c1-2-7-20-15(5-1)11-17(26-20)13-25-10-8-16-12-23-21(24-19(16)14-25)18-6-3-4-9-22-18/h1-7,9,11-12H,8,10,13-14H2. The van der Waals surface area contributed by atoms with Crippen molar-refractivity contribution in [2.24, 2.45) is 0 Å². The van der Waals surface area contributed by atoms with Gasteiger partial charge in [0.1, 0.15) is 5.69 Å². The van der Waals surface area contributed by atoms with E-state index in [0.717, 1.165) is 37.4 Å². The lowest BCUT2D eigenvalue weighted by atomic mass is 10.1. The summed E-state index contributed by atoms with van der Waals surface area (Å²) >= 11 is 1.89. The third-order valence-corrected chi connectivity index (χ3v) is 5.88. The van der Waals surface area contributed by atoms with E-state index in [9.17, 15) is 0 Å². The van der Waals surface area contributed by atoms with Crippen LogP contribution in [0.4, 0.5) is 0 Å². The number of benzene rings is 1. The largest absolute Gasteiger partial charge is 0.292 e. The summed E-state index contributed by atoms with van der Waals surface area (Å²) in [5, 5.41) is 1.34. The molecule has 4 aromatic rings. The molecule has 1 aliphatic heterocycles. The summed E-state index contributed by atoms with van der Waals surface area (Å²) in [5.74, 6) is 0.716. The summed E-state index contributed by atoms with van der Waals surface area (Å²) in [7, 11) is 0. The maximum atomic E-state index is 4.81. The fraction of sp³-hybridized carbons (Fsp3) is 0.190. The van der Waals surface area contributed by atoms with Crippen LogP contribution in [0.1, 0.15) is 16.1 Å². The Balaban J connectivity index is 1.38. The van der Waals surface area contributed by atoms with Gasteiger partial charge in [0.05, 0.1) is 5.69 Å². The first kappa shape index (κ1) is 15.6. The molecule has 0 amide bonds. The molecule has 3 aromatic heterocycles. The van der Waals surface area contributed by atoms with Gasteiger partial charge >= 0.3 is 0 Å². The molecule has 0 N–H and O–H groups in total. The summed E-state index contributed by atoms with van der Waals surface area (Å²) in [6, 6.07) is 16.7. The van der Waals surface area contributed by atoms with Crippen LogP contribution in [0.3, 0.4) is 0 Å². The van der Waals surface area contributed by atoms with Crippen molar-refractivity contribution in [1.82, 2.24) is 19.9 Å². The molecule has 1 aromatic carbocycles. The van der Waals surface area contributed by atoms with Gasteiger partial charge in [-0.15, -0.1) is 11.3 Å². The Morgan fingerprint density at radius 1 is 1.04 bits per heavy atom. The Labute approximate surface area is 156 Å². The Kier molecular flexibility index (Phi) is 3.96. The Morgan fingerprint density at radius 3 is 2.85 bits per heavy atom. The highest BCUT2D eigenvalue weighted by Crippen LogP contribution is 2.28. The van der Waals surface area contributed by atoms with Gasteiger partial charge in [-0.25, -0.2) is 9.97 Å². The predicted octanol–water partition coefficient (Wildman–Crippen LogP) is 4.31. The zero-order valence-electron chi connectivity index (χ0n) is 14.3. The number of aromatic nitrogens is 3. The molecule has 0 bridgehead atoms. The highest BCUT2D eigenvalue weighted by Gasteiger charge is 2.20. The number of fused-ring (bicyclic) bond motifs is 2. The second kappa shape index (κ2) is 6.59. The van der Waals surface area contributed by atoms with E-state index in [1.54, 1.807) is 6.20 Å². The van der Waals surface area contributed by atoms with E-state index < -0.39 is 0 Å². The summed E-state index contributed by atoms with van der Waals surface area (Å²) in [4.78, 5) is 17.6. The monoisotopic (exact) mass is 358 g/mol. The van der Waals surface area contributed by atoms with Crippen LogP contribution in [0.15, 0.2) is 60.9 Å². The lowest BCUT2D eigenvalue weighted by molar-refractivity contribution is 0.243. The van der Waals surface area contributed by atoms with Crippen molar-refractivity contribution < 1.29 is 0 Å². The van der Waals surface area contributed by atoms with Crippen LogP contribution in [0.25, 0.3) is 21.6 Å². The van der Waals surface area contributed by atoms with Gasteiger partial charge in [0.15, 0.2) is 5.82 Å². The van der Waals surface area contributed by atoms with Crippen molar-refractivity contribution in [1.29, 1.82) is 0 Å². The molecule has 0 aliphatic carbocycles. The highest BCUT2D eigenvalue weighted by atomic mass is 32.1. The number of nitrogens with zero attached hydrogens (tertiary/aromatic N) is 4. The van der Waals surface area contributed by atoms with Crippen molar-refractivity contribution in [2.75, 3.05) is 6.54 Å². The van der Waals surface area contributed by atoms with Crippen molar-refractivity contribution in [2.45, 2.75) is 19.5 Å². The molecular weight excluding hydrogens is 340 g/mol. The lowest BCUT2D eigenvalue weighted by Gasteiger charge is -2.27. The van der Waals surface area contributed by atoms with Gasteiger partial charge in [0, 0.05) is 41.6 Å². The first-order chi connectivity index (χ1) is 12.8. The molecule has 1 aliphatic rings. The SMILES string of the molecule is c1ccc(-c2ncc3c(n2)CN(Cc2cc4ccccc4s2)CC3)nc1. The van der Waals surface area contributed by atoms with Crippen LogP contribution in [-0.2, 0) is 19.5 Å². The summed E-state index contributed by atoms with van der Waals surface area (Å²) in [5.41, 5.74) is 3.22. The van der Waals surface area contributed by atoms with E-state index >= 15 is 0 Å². The third-order valence-electron chi connectivity index (χ3n) is 4.77. The van der Waals surface area contributed by atoms with Crippen molar-refractivity contribution >= 4 is 21.4 Å². The molecule has 0 radical (unpaired) electrons. The van der Waals surface area contributed by atoms with Gasteiger partial charge in [-0.05, 0) is 41.6 Å². The molecule has 0 unspecified atom stereocenters. The number of hydrogen-bond acceptors (Lipinski definition) is 5. The molecule has 4 heterocycles. The van der Waals surface area contributed by atoms with E-state index in [0.29, 0.717) is 5.82 Å². The molecule has 5 rings (SSSR count). The van der Waals surface area contributed by atoms with Crippen LogP contribution < -0.4 is 0 Å².